The maximum atomic E-state index is 12.8. The molecule has 7 heteroatoms. The molecule has 2 aromatic rings. The maximum absolute atomic E-state index is 12.8. The number of ether oxygens (including phenoxy) is 3. The second kappa shape index (κ2) is 8.43. The van der Waals surface area contributed by atoms with E-state index in [9.17, 15) is 9.59 Å². The van der Waals surface area contributed by atoms with E-state index in [0.717, 1.165) is 11.4 Å². The highest BCUT2D eigenvalue weighted by Crippen LogP contribution is 2.33. The molecule has 2 heterocycles. The zero-order valence-electron chi connectivity index (χ0n) is 16.3. The van der Waals surface area contributed by atoms with Crippen LogP contribution in [0.25, 0.3) is 0 Å². The Hall–Kier alpha value is -3.22. The lowest BCUT2D eigenvalue weighted by Gasteiger charge is -2.31. The minimum absolute atomic E-state index is 0.00987. The van der Waals surface area contributed by atoms with Gasteiger partial charge < -0.3 is 24.4 Å². The summed E-state index contributed by atoms with van der Waals surface area (Å²) in [5.74, 6) is 1.87. The molecule has 152 valence electrons. The van der Waals surface area contributed by atoms with Crippen molar-refractivity contribution < 1.29 is 23.8 Å². The second-order valence-electron chi connectivity index (χ2n) is 7.08. The number of rotatable bonds is 5. The molecule has 0 unspecified atom stereocenters. The topological polar surface area (TPSA) is 77.1 Å². The molecule has 0 spiro atoms. The molecule has 2 aliphatic rings. The van der Waals surface area contributed by atoms with Crippen LogP contribution in [-0.4, -0.2) is 43.2 Å². The average molecular weight is 396 g/mol. The number of piperidine rings is 1. The summed E-state index contributed by atoms with van der Waals surface area (Å²) in [6, 6.07) is 12.6. The van der Waals surface area contributed by atoms with Crippen molar-refractivity contribution in [2.45, 2.75) is 19.8 Å². The lowest BCUT2D eigenvalue weighted by Crippen LogP contribution is -2.41. The summed E-state index contributed by atoms with van der Waals surface area (Å²) in [4.78, 5) is 27.1. The quantitative estimate of drug-likeness (QED) is 0.839. The number of anilines is 1. The molecule has 1 N–H and O–H groups in total. The molecule has 0 atom stereocenters. The number of carbonyl (C=O) groups excluding carboxylic acids is 2. The van der Waals surface area contributed by atoms with Gasteiger partial charge in [-0.05, 0) is 62.2 Å². The first kappa shape index (κ1) is 19.1. The lowest BCUT2D eigenvalue weighted by atomic mass is 9.95. The number of nitrogens with zero attached hydrogens (tertiary/aromatic N) is 1. The molecule has 2 amide bonds. The van der Waals surface area contributed by atoms with Gasteiger partial charge in [0.15, 0.2) is 11.5 Å². The van der Waals surface area contributed by atoms with Gasteiger partial charge in [0.2, 0.25) is 12.7 Å². The number of carbonyl (C=O) groups is 2. The van der Waals surface area contributed by atoms with Crippen LogP contribution in [0.4, 0.5) is 5.69 Å². The first-order valence-electron chi connectivity index (χ1n) is 9.86. The Bertz CT molecular complexity index is 889. The average Bonchev–Trinajstić information content (AvgIpc) is 3.23. The van der Waals surface area contributed by atoms with Crippen LogP contribution in [0, 0.1) is 5.92 Å². The molecule has 2 aliphatic heterocycles. The van der Waals surface area contributed by atoms with Crippen LogP contribution in [-0.2, 0) is 4.79 Å². The normalized spacial score (nSPS) is 15.8. The predicted octanol–water partition coefficient (Wildman–Crippen LogP) is 3.30. The molecular weight excluding hydrogens is 372 g/mol. The van der Waals surface area contributed by atoms with Crippen molar-refractivity contribution in [1.29, 1.82) is 0 Å². The molecule has 7 nitrogen and oxygen atoms in total. The monoisotopic (exact) mass is 396 g/mol. The van der Waals surface area contributed by atoms with E-state index in [-0.39, 0.29) is 24.5 Å². The molecular formula is C22H24N2O5. The van der Waals surface area contributed by atoms with Gasteiger partial charge in [0.25, 0.3) is 5.91 Å². The third kappa shape index (κ3) is 4.29. The first-order valence-corrected chi connectivity index (χ1v) is 9.86. The second-order valence-corrected chi connectivity index (χ2v) is 7.08. The molecule has 1 fully saturated rings. The van der Waals surface area contributed by atoms with Crippen molar-refractivity contribution in [2.24, 2.45) is 5.92 Å². The lowest BCUT2D eigenvalue weighted by molar-refractivity contribution is -0.121. The Morgan fingerprint density at radius 3 is 2.52 bits per heavy atom. The van der Waals surface area contributed by atoms with Crippen molar-refractivity contribution in [3.05, 3.63) is 48.0 Å². The van der Waals surface area contributed by atoms with Gasteiger partial charge in [-0.15, -0.1) is 0 Å². The van der Waals surface area contributed by atoms with Crippen molar-refractivity contribution in [3.63, 3.8) is 0 Å². The van der Waals surface area contributed by atoms with E-state index < -0.39 is 0 Å². The summed E-state index contributed by atoms with van der Waals surface area (Å²) in [5.41, 5.74) is 1.32. The Morgan fingerprint density at radius 1 is 1.07 bits per heavy atom. The maximum Gasteiger partial charge on any atom is 0.253 e. The van der Waals surface area contributed by atoms with Gasteiger partial charge in [-0.3, -0.25) is 9.59 Å². The largest absolute Gasteiger partial charge is 0.494 e. The summed E-state index contributed by atoms with van der Waals surface area (Å²) in [5, 5.41) is 2.96. The molecule has 0 aromatic heterocycles. The van der Waals surface area contributed by atoms with E-state index in [1.807, 2.05) is 31.2 Å². The number of likely N-dealkylation sites (tertiary alicyclic amines) is 1. The fraction of sp³-hybridized carbons (Fsp3) is 0.364. The molecule has 0 radical (unpaired) electrons. The first-order chi connectivity index (χ1) is 14.1. The number of hydrogen-bond donors (Lipinski definition) is 1. The highest BCUT2D eigenvalue weighted by molar-refractivity contribution is 5.96. The molecule has 1 saturated heterocycles. The highest BCUT2D eigenvalue weighted by atomic mass is 16.7. The highest BCUT2D eigenvalue weighted by Gasteiger charge is 2.28. The van der Waals surface area contributed by atoms with Gasteiger partial charge in [0.05, 0.1) is 6.61 Å². The van der Waals surface area contributed by atoms with Crippen LogP contribution in [0.5, 0.6) is 17.2 Å². The molecule has 4 rings (SSSR count). The van der Waals surface area contributed by atoms with E-state index >= 15 is 0 Å². The predicted molar refractivity (Wildman–Crippen MR) is 107 cm³/mol. The number of benzene rings is 2. The number of fused-ring (bicyclic) bond motifs is 1. The molecule has 0 aliphatic carbocycles. The summed E-state index contributed by atoms with van der Waals surface area (Å²) in [6.07, 6.45) is 1.28. The third-order valence-electron chi connectivity index (χ3n) is 5.21. The number of amides is 2. The Kier molecular flexibility index (Phi) is 5.55. The van der Waals surface area contributed by atoms with Gasteiger partial charge in [-0.2, -0.15) is 0 Å². The molecule has 0 bridgehead atoms. The zero-order chi connectivity index (χ0) is 20.2. The van der Waals surface area contributed by atoms with Gasteiger partial charge in [0.1, 0.15) is 5.75 Å². The number of hydrogen-bond acceptors (Lipinski definition) is 5. The van der Waals surface area contributed by atoms with E-state index in [2.05, 4.69) is 5.32 Å². The fourth-order valence-electron chi connectivity index (χ4n) is 3.60. The van der Waals surface area contributed by atoms with Crippen LogP contribution >= 0.6 is 0 Å². The van der Waals surface area contributed by atoms with Crippen molar-refractivity contribution in [2.75, 3.05) is 31.8 Å². The zero-order valence-corrected chi connectivity index (χ0v) is 16.3. The number of nitrogens with one attached hydrogen (secondary N) is 1. The van der Waals surface area contributed by atoms with Crippen LogP contribution < -0.4 is 19.5 Å². The van der Waals surface area contributed by atoms with Crippen molar-refractivity contribution in [1.82, 2.24) is 4.90 Å². The van der Waals surface area contributed by atoms with Crippen molar-refractivity contribution >= 4 is 17.5 Å². The van der Waals surface area contributed by atoms with Crippen LogP contribution in [0.3, 0.4) is 0 Å². The van der Waals surface area contributed by atoms with Gasteiger partial charge in [-0.25, -0.2) is 0 Å². The summed E-state index contributed by atoms with van der Waals surface area (Å²) in [6.45, 7) is 3.82. The molecule has 29 heavy (non-hydrogen) atoms. The smallest absolute Gasteiger partial charge is 0.253 e. The van der Waals surface area contributed by atoms with Crippen LogP contribution in [0.15, 0.2) is 42.5 Å². The Labute approximate surface area is 169 Å². The SMILES string of the molecule is CCOc1ccc(NC(=O)C2CCN(C(=O)c3ccc4c(c3)OCO4)CC2)cc1. The molecule has 0 saturated carbocycles. The third-order valence-corrected chi connectivity index (χ3v) is 5.21. The fourth-order valence-corrected chi connectivity index (χ4v) is 3.60. The van der Waals surface area contributed by atoms with Crippen molar-refractivity contribution in [3.8, 4) is 17.2 Å². The van der Waals surface area contributed by atoms with Gasteiger partial charge in [0, 0.05) is 30.3 Å². The summed E-state index contributed by atoms with van der Waals surface area (Å²) >= 11 is 0. The van der Waals surface area contributed by atoms with E-state index in [1.165, 1.54) is 0 Å². The van der Waals surface area contributed by atoms with E-state index in [1.54, 1.807) is 23.1 Å². The van der Waals surface area contributed by atoms with E-state index in [0.29, 0.717) is 49.6 Å². The Morgan fingerprint density at radius 2 is 1.79 bits per heavy atom. The minimum Gasteiger partial charge on any atom is -0.494 e. The summed E-state index contributed by atoms with van der Waals surface area (Å²) in [7, 11) is 0. The summed E-state index contributed by atoms with van der Waals surface area (Å²) < 4.78 is 16.0. The van der Waals surface area contributed by atoms with Crippen LogP contribution in [0.2, 0.25) is 0 Å². The van der Waals surface area contributed by atoms with Gasteiger partial charge >= 0.3 is 0 Å². The minimum atomic E-state index is -0.109. The Balaban J connectivity index is 1.30. The molecule has 2 aromatic carbocycles. The van der Waals surface area contributed by atoms with Crippen LogP contribution in [0.1, 0.15) is 30.1 Å². The van der Waals surface area contributed by atoms with Gasteiger partial charge in [-0.1, -0.05) is 0 Å². The van der Waals surface area contributed by atoms with E-state index in [4.69, 9.17) is 14.2 Å². The standard InChI is InChI=1S/C22H24N2O5/c1-2-27-18-6-4-17(5-7-18)23-21(25)15-9-11-24(12-10-15)22(26)16-3-8-19-20(13-16)29-14-28-19/h3-8,13,15H,2,9-12,14H2,1H3,(H,23,25).